The highest BCUT2D eigenvalue weighted by atomic mass is 35.5. The van der Waals surface area contributed by atoms with Gasteiger partial charge in [0.25, 0.3) is 0 Å². The summed E-state index contributed by atoms with van der Waals surface area (Å²) < 4.78 is 59.3. The van der Waals surface area contributed by atoms with E-state index in [9.17, 15) is 27.9 Å². The van der Waals surface area contributed by atoms with Crippen LogP contribution in [0.4, 0.5) is 29.1 Å². The lowest BCUT2D eigenvalue weighted by atomic mass is 10.0. The summed E-state index contributed by atoms with van der Waals surface area (Å²) >= 11 is 5.99. The van der Waals surface area contributed by atoms with E-state index >= 15 is 4.39 Å². The van der Waals surface area contributed by atoms with Gasteiger partial charge in [-0.2, -0.15) is 13.2 Å². The number of nitrogens with zero attached hydrogens (tertiary/aromatic N) is 4. The van der Waals surface area contributed by atoms with E-state index in [1.165, 1.54) is 18.0 Å². The molecule has 4 rings (SSSR count). The number of halogens is 5. The van der Waals surface area contributed by atoms with E-state index in [2.05, 4.69) is 4.98 Å². The zero-order valence-electron chi connectivity index (χ0n) is 17.9. The number of hydrogen-bond acceptors (Lipinski definition) is 5. The number of benzene rings is 1. The number of alkyl halides is 3. The number of carboxylic acid groups (broad SMARTS) is 1. The number of carbonyl (C=O) groups is 1. The molecule has 0 aliphatic carbocycles. The van der Waals surface area contributed by atoms with Crippen molar-refractivity contribution in [3.8, 4) is 0 Å². The van der Waals surface area contributed by atoms with Gasteiger partial charge < -0.3 is 19.5 Å². The van der Waals surface area contributed by atoms with Crippen molar-refractivity contribution in [3.05, 3.63) is 62.8 Å². The Bertz CT molecular complexity index is 1330. The van der Waals surface area contributed by atoms with Crippen molar-refractivity contribution < 1.29 is 27.5 Å². The molecule has 1 saturated heterocycles. The Kier molecular flexibility index (Phi) is 6.15. The third-order valence-corrected chi connectivity index (χ3v) is 6.00. The lowest BCUT2D eigenvalue weighted by molar-refractivity contribution is -0.136. The van der Waals surface area contributed by atoms with E-state index in [4.69, 9.17) is 11.6 Å². The normalized spacial score (nSPS) is 14.6. The Hall–Kier alpha value is -3.34. The van der Waals surface area contributed by atoms with Gasteiger partial charge in [-0.05, 0) is 25.1 Å². The zero-order chi connectivity index (χ0) is 24.8. The molecule has 12 heteroatoms. The molecule has 0 spiro atoms. The van der Waals surface area contributed by atoms with E-state index in [-0.39, 0.29) is 32.7 Å². The number of aryl methyl sites for hydroxylation is 1. The second-order valence-electron chi connectivity index (χ2n) is 7.75. The summed E-state index contributed by atoms with van der Waals surface area (Å²) in [5.74, 6) is -2.28. The van der Waals surface area contributed by atoms with E-state index in [1.54, 1.807) is 12.1 Å². The van der Waals surface area contributed by atoms with Crippen molar-refractivity contribution in [3.63, 3.8) is 0 Å². The number of carboxylic acids is 1. The highest BCUT2D eigenvalue weighted by molar-refractivity contribution is 6.30. The van der Waals surface area contributed by atoms with Crippen molar-refractivity contribution in [1.29, 1.82) is 0 Å². The average molecular weight is 499 g/mol. The monoisotopic (exact) mass is 498 g/mol. The maximum atomic E-state index is 15.2. The van der Waals surface area contributed by atoms with Gasteiger partial charge in [-0.3, -0.25) is 4.79 Å². The van der Waals surface area contributed by atoms with Crippen molar-refractivity contribution >= 4 is 40.0 Å². The summed E-state index contributed by atoms with van der Waals surface area (Å²) in [5, 5.41) is 9.12. The molecular weight excluding hydrogens is 480 g/mol. The number of pyridine rings is 2. The fourth-order valence-corrected chi connectivity index (χ4v) is 4.38. The summed E-state index contributed by atoms with van der Waals surface area (Å²) in [6, 6.07) is 3.94. The predicted octanol–water partition coefficient (Wildman–Crippen LogP) is 4.25. The molecule has 3 aromatic rings. The highest BCUT2D eigenvalue weighted by Gasteiger charge is 2.41. The molecule has 1 N–H and O–H groups in total. The molecule has 2 aromatic heterocycles. The zero-order valence-corrected chi connectivity index (χ0v) is 18.6. The Balaban J connectivity index is 1.85. The molecule has 0 unspecified atom stereocenters. The number of hydrogen-bond donors (Lipinski definition) is 1. The maximum absolute atomic E-state index is 15.2. The van der Waals surface area contributed by atoms with Crippen molar-refractivity contribution in [2.75, 3.05) is 36.0 Å². The van der Waals surface area contributed by atoms with Crippen LogP contribution in [0.1, 0.15) is 22.8 Å². The lowest BCUT2D eigenvalue weighted by Crippen LogP contribution is -2.47. The molecule has 0 saturated carbocycles. The minimum Gasteiger partial charge on any atom is -0.477 e. The second-order valence-corrected chi connectivity index (χ2v) is 8.18. The summed E-state index contributed by atoms with van der Waals surface area (Å²) in [4.78, 5) is 31.4. The fraction of sp³-hybridized carbons (Fsp3) is 0.318. The van der Waals surface area contributed by atoms with Crippen LogP contribution in [-0.2, 0) is 12.7 Å². The van der Waals surface area contributed by atoms with E-state index < -0.39 is 51.1 Å². The first kappa shape index (κ1) is 23.8. The number of anilines is 2. The van der Waals surface area contributed by atoms with Crippen LogP contribution in [0.25, 0.3) is 10.9 Å². The quantitative estimate of drug-likeness (QED) is 0.542. The van der Waals surface area contributed by atoms with Crippen molar-refractivity contribution in [2.45, 2.75) is 19.6 Å². The minimum absolute atomic E-state index is 0.0561. The van der Waals surface area contributed by atoms with Crippen LogP contribution < -0.4 is 15.2 Å². The maximum Gasteiger partial charge on any atom is 0.420 e. The van der Waals surface area contributed by atoms with Gasteiger partial charge in [-0.25, -0.2) is 14.2 Å². The molecule has 34 heavy (non-hydrogen) atoms. The molecule has 0 atom stereocenters. The summed E-state index contributed by atoms with van der Waals surface area (Å²) in [6.07, 6.45) is -2.62. The third kappa shape index (κ3) is 4.15. The molecular formula is C22H19ClF4N4O3. The summed E-state index contributed by atoms with van der Waals surface area (Å²) in [7, 11) is 0. The van der Waals surface area contributed by atoms with Gasteiger partial charge in [0, 0.05) is 50.1 Å². The first-order valence-corrected chi connectivity index (χ1v) is 10.7. The molecule has 0 amide bonds. The fourth-order valence-electron chi connectivity index (χ4n) is 4.23. The van der Waals surface area contributed by atoms with Gasteiger partial charge in [-0.1, -0.05) is 11.6 Å². The lowest BCUT2D eigenvalue weighted by Gasteiger charge is -2.38. The van der Waals surface area contributed by atoms with Crippen molar-refractivity contribution in [2.24, 2.45) is 0 Å². The van der Waals surface area contributed by atoms with Crippen LogP contribution in [0, 0.1) is 5.82 Å². The highest BCUT2D eigenvalue weighted by Crippen LogP contribution is 2.43. The molecule has 180 valence electrons. The van der Waals surface area contributed by atoms with Crippen LogP contribution in [0.15, 0.2) is 35.4 Å². The smallest absolute Gasteiger partial charge is 0.420 e. The van der Waals surface area contributed by atoms with Gasteiger partial charge in [0.15, 0.2) is 0 Å². The Morgan fingerprint density at radius 3 is 2.38 bits per heavy atom. The van der Waals surface area contributed by atoms with Gasteiger partial charge in [0.1, 0.15) is 22.8 Å². The topological polar surface area (TPSA) is 78.7 Å². The predicted molar refractivity (Wildman–Crippen MR) is 119 cm³/mol. The first-order valence-electron chi connectivity index (χ1n) is 10.3. The second kappa shape index (κ2) is 8.79. The van der Waals surface area contributed by atoms with Crippen molar-refractivity contribution in [1.82, 2.24) is 9.55 Å². The number of aromatic nitrogens is 2. The van der Waals surface area contributed by atoms with Crippen LogP contribution in [0.3, 0.4) is 0 Å². The molecule has 1 aromatic carbocycles. The van der Waals surface area contributed by atoms with Crippen LogP contribution >= 0.6 is 11.6 Å². The standard InChI is InChI=1S/C22H19ClF4N4O3/c1-2-29-11-14(21(33)34)20(32)13-10-15(24)19(17(18(13)29)22(25,26)27)31-7-5-30(6-8-31)16-9-12(23)3-4-28-16/h3-4,9-11H,2,5-8H2,1H3,(H,33,34). The largest absolute Gasteiger partial charge is 0.477 e. The Morgan fingerprint density at radius 1 is 1.18 bits per heavy atom. The Morgan fingerprint density at radius 2 is 1.82 bits per heavy atom. The summed E-state index contributed by atoms with van der Waals surface area (Å²) in [5.41, 5.74) is -4.39. The van der Waals surface area contributed by atoms with E-state index in [0.717, 1.165) is 10.8 Å². The molecule has 1 aliphatic rings. The first-order chi connectivity index (χ1) is 16.0. The van der Waals surface area contributed by atoms with E-state index in [0.29, 0.717) is 16.9 Å². The molecule has 7 nitrogen and oxygen atoms in total. The molecule has 1 aliphatic heterocycles. The number of piperazine rings is 1. The van der Waals surface area contributed by atoms with E-state index in [1.807, 2.05) is 4.90 Å². The molecule has 0 bridgehead atoms. The van der Waals surface area contributed by atoms with Crippen LogP contribution in [-0.4, -0.2) is 46.8 Å². The number of rotatable bonds is 4. The summed E-state index contributed by atoms with van der Waals surface area (Å²) in [6.45, 7) is 2.10. The number of aromatic carboxylic acids is 1. The third-order valence-electron chi connectivity index (χ3n) is 5.77. The SMILES string of the molecule is CCn1cc(C(=O)O)c(=O)c2cc(F)c(N3CCN(c4cc(Cl)ccn4)CC3)c(C(F)(F)F)c21. The number of fused-ring (bicyclic) bond motifs is 1. The van der Waals surface area contributed by atoms with Crippen LogP contribution in [0.5, 0.6) is 0 Å². The Labute approximate surface area is 195 Å². The molecule has 3 heterocycles. The van der Waals surface area contributed by atoms with Gasteiger partial charge in [0.05, 0.1) is 16.6 Å². The van der Waals surface area contributed by atoms with Gasteiger partial charge >= 0.3 is 12.1 Å². The molecule has 0 radical (unpaired) electrons. The van der Waals surface area contributed by atoms with Gasteiger partial charge in [-0.15, -0.1) is 0 Å². The minimum atomic E-state index is -5.00. The average Bonchev–Trinajstić information content (AvgIpc) is 2.78. The van der Waals surface area contributed by atoms with Crippen LogP contribution in [0.2, 0.25) is 5.02 Å². The molecule has 1 fully saturated rings. The van der Waals surface area contributed by atoms with Gasteiger partial charge in [0.2, 0.25) is 5.43 Å².